The van der Waals surface area contributed by atoms with E-state index in [1.165, 1.54) is 11.4 Å². The van der Waals surface area contributed by atoms with Crippen molar-refractivity contribution in [2.24, 2.45) is 13.0 Å². The average Bonchev–Trinajstić information content (AvgIpc) is 3.64. The number of nitrogens with one attached hydrogen (secondary N) is 1. The molecule has 12 heteroatoms. The quantitative estimate of drug-likeness (QED) is 0.291. The number of anilines is 1. The molecule has 1 aliphatic rings. The summed E-state index contributed by atoms with van der Waals surface area (Å²) in [6.45, 7) is 3.71. The lowest BCUT2D eigenvalue weighted by Gasteiger charge is -2.38. The maximum Gasteiger partial charge on any atom is 0.258 e. The van der Waals surface area contributed by atoms with Crippen molar-refractivity contribution in [3.05, 3.63) is 77.3 Å². The summed E-state index contributed by atoms with van der Waals surface area (Å²) < 4.78 is 36.1. The smallest absolute Gasteiger partial charge is 0.258 e. The molecular formula is C31H36N4O6S2. The summed E-state index contributed by atoms with van der Waals surface area (Å²) in [5.41, 5.74) is 2.58. The molecule has 2 N–H and O–H groups in total. The molecule has 228 valence electrons. The zero-order chi connectivity index (χ0) is 30.9. The lowest BCUT2D eigenvalue weighted by atomic mass is 9.99. The highest BCUT2D eigenvalue weighted by atomic mass is 32.2. The van der Waals surface area contributed by atoms with Gasteiger partial charge in [0.15, 0.2) is 0 Å². The third kappa shape index (κ3) is 6.32. The predicted molar refractivity (Wildman–Crippen MR) is 167 cm³/mol. The number of aromatic nitrogens is 1. The molecular weight excluding hydrogens is 588 g/mol. The highest BCUT2D eigenvalue weighted by Gasteiger charge is 2.35. The molecule has 0 unspecified atom stereocenters. The number of aryl methyl sites for hydroxylation is 1. The highest BCUT2D eigenvalue weighted by Crippen LogP contribution is 2.32. The molecule has 0 saturated heterocycles. The Balaban J connectivity index is 1.41. The van der Waals surface area contributed by atoms with Gasteiger partial charge in [-0.05, 0) is 48.2 Å². The number of aliphatic hydroxyl groups excluding tert-OH is 1. The van der Waals surface area contributed by atoms with Gasteiger partial charge in [-0.1, -0.05) is 31.2 Å². The van der Waals surface area contributed by atoms with Crippen molar-refractivity contribution >= 4 is 49.8 Å². The van der Waals surface area contributed by atoms with Crippen LogP contribution in [0.3, 0.4) is 0 Å². The van der Waals surface area contributed by atoms with E-state index in [-0.39, 0.29) is 59.4 Å². The number of sulfonamides is 1. The SMILES string of the molecule is C[C@H]1CN([C@@H](C)CO)C(=O)c2cc(NC(=O)Cc3cn(C)c4ccccc34)ccc2O[C@H]1CN(C)S(=O)(=O)c1cccs1. The van der Waals surface area contributed by atoms with Crippen molar-refractivity contribution in [3.63, 3.8) is 0 Å². The minimum absolute atomic E-state index is 0.0555. The molecule has 4 aromatic rings. The van der Waals surface area contributed by atoms with Crippen LogP contribution in [0, 0.1) is 5.92 Å². The van der Waals surface area contributed by atoms with Crippen LogP contribution in [0.1, 0.15) is 29.8 Å². The Labute approximate surface area is 255 Å². The Morgan fingerprint density at radius 1 is 1.21 bits per heavy atom. The Bertz CT molecular complexity index is 1730. The first-order valence-corrected chi connectivity index (χ1v) is 16.4. The summed E-state index contributed by atoms with van der Waals surface area (Å²) in [7, 11) is -0.268. The molecule has 0 spiro atoms. The van der Waals surface area contributed by atoms with Crippen molar-refractivity contribution in [2.75, 3.05) is 32.1 Å². The van der Waals surface area contributed by atoms with Gasteiger partial charge in [0.1, 0.15) is 16.1 Å². The van der Waals surface area contributed by atoms with Gasteiger partial charge in [-0.15, -0.1) is 11.3 Å². The van der Waals surface area contributed by atoms with Crippen LogP contribution in [0.2, 0.25) is 0 Å². The molecule has 1 aliphatic heterocycles. The van der Waals surface area contributed by atoms with Gasteiger partial charge in [0.25, 0.3) is 15.9 Å². The van der Waals surface area contributed by atoms with Crippen LogP contribution in [-0.4, -0.2) is 78.0 Å². The van der Waals surface area contributed by atoms with Gasteiger partial charge in [-0.3, -0.25) is 9.59 Å². The predicted octanol–water partition coefficient (Wildman–Crippen LogP) is 3.96. The van der Waals surface area contributed by atoms with Gasteiger partial charge in [0.2, 0.25) is 5.91 Å². The third-order valence-electron chi connectivity index (χ3n) is 7.88. The van der Waals surface area contributed by atoms with E-state index in [9.17, 15) is 23.1 Å². The van der Waals surface area contributed by atoms with Crippen LogP contribution in [0.4, 0.5) is 5.69 Å². The summed E-state index contributed by atoms with van der Waals surface area (Å²) in [5, 5.41) is 15.6. The largest absolute Gasteiger partial charge is 0.488 e. The van der Waals surface area contributed by atoms with Gasteiger partial charge in [0.05, 0.1) is 31.2 Å². The first-order chi connectivity index (χ1) is 20.5. The topological polar surface area (TPSA) is 121 Å². The Kier molecular flexibility index (Phi) is 8.93. The summed E-state index contributed by atoms with van der Waals surface area (Å²) in [6, 6.07) is 15.5. The third-order valence-corrected chi connectivity index (χ3v) is 11.1. The van der Waals surface area contributed by atoms with Gasteiger partial charge in [-0.2, -0.15) is 4.31 Å². The van der Waals surface area contributed by atoms with Crippen LogP contribution in [0.25, 0.3) is 10.9 Å². The fourth-order valence-electron chi connectivity index (χ4n) is 5.38. The number of amides is 2. The summed E-state index contributed by atoms with van der Waals surface area (Å²) in [5.74, 6) is -0.549. The minimum Gasteiger partial charge on any atom is -0.488 e. The second-order valence-corrected chi connectivity index (χ2v) is 14.3. The molecule has 43 heavy (non-hydrogen) atoms. The highest BCUT2D eigenvalue weighted by molar-refractivity contribution is 7.91. The number of hydrogen-bond donors (Lipinski definition) is 2. The second-order valence-electron chi connectivity index (χ2n) is 11.1. The fourth-order valence-corrected chi connectivity index (χ4v) is 7.76. The lowest BCUT2D eigenvalue weighted by molar-refractivity contribution is -0.115. The fraction of sp³-hybridized carbons (Fsp3) is 0.355. The summed E-state index contributed by atoms with van der Waals surface area (Å²) in [4.78, 5) is 28.4. The molecule has 2 aromatic heterocycles. The lowest BCUT2D eigenvalue weighted by Crippen LogP contribution is -2.50. The van der Waals surface area contributed by atoms with E-state index in [1.54, 1.807) is 47.5 Å². The number of thiophene rings is 1. The number of benzene rings is 2. The van der Waals surface area contributed by atoms with Gasteiger partial charge in [-0.25, -0.2) is 8.42 Å². The van der Waals surface area contributed by atoms with Crippen LogP contribution in [-0.2, 0) is 28.3 Å². The molecule has 0 saturated carbocycles. The minimum atomic E-state index is -3.72. The first-order valence-electron chi connectivity index (χ1n) is 14.0. The monoisotopic (exact) mass is 624 g/mol. The Hall–Kier alpha value is -3.71. The van der Waals surface area contributed by atoms with E-state index >= 15 is 0 Å². The number of aliphatic hydroxyl groups is 1. The Morgan fingerprint density at radius 2 is 1.98 bits per heavy atom. The molecule has 0 fully saturated rings. The van der Waals surface area contributed by atoms with E-state index in [0.717, 1.165) is 27.8 Å². The molecule has 0 radical (unpaired) electrons. The number of fused-ring (bicyclic) bond motifs is 2. The number of para-hydroxylation sites is 1. The maximum atomic E-state index is 13.8. The van der Waals surface area contributed by atoms with E-state index in [0.29, 0.717) is 5.69 Å². The summed E-state index contributed by atoms with van der Waals surface area (Å²) in [6.07, 6.45) is 1.50. The molecule has 10 nitrogen and oxygen atoms in total. The summed E-state index contributed by atoms with van der Waals surface area (Å²) >= 11 is 1.15. The number of carbonyl (C=O) groups excluding carboxylic acids is 2. The number of rotatable bonds is 9. The Morgan fingerprint density at radius 3 is 2.70 bits per heavy atom. The van der Waals surface area contributed by atoms with Crippen LogP contribution in [0.15, 0.2) is 70.4 Å². The number of ether oxygens (including phenoxy) is 1. The molecule has 2 aromatic carbocycles. The van der Waals surface area contributed by atoms with Crippen LogP contribution in [0.5, 0.6) is 5.75 Å². The average molecular weight is 625 g/mol. The molecule has 0 aliphatic carbocycles. The van der Waals surface area contributed by atoms with E-state index in [1.807, 2.05) is 49.0 Å². The standard InChI is InChI=1S/C31H36N4O6S2/c1-20-16-35(21(2)19-36)31(38)25-15-23(32-29(37)14-22-17-33(3)26-9-6-5-8-24(22)26)11-12-27(25)41-28(20)18-34(4)43(39,40)30-10-7-13-42-30/h5-13,15,17,20-21,28,36H,14,16,18-19H2,1-4H3,(H,32,37)/t20-,21-,28-/m0/s1. The number of hydrogen-bond acceptors (Lipinski definition) is 7. The molecule has 2 amide bonds. The normalized spacial score (nSPS) is 18.2. The molecule has 0 bridgehead atoms. The van der Waals surface area contributed by atoms with Gasteiger partial charge >= 0.3 is 0 Å². The zero-order valence-electron chi connectivity index (χ0n) is 24.6. The van der Waals surface area contributed by atoms with E-state index in [4.69, 9.17) is 4.74 Å². The molecule has 3 atom stereocenters. The zero-order valence-corrected chi connectivity index (χ0v) is 26.2. The molecule has 3 heterocycles. The van der Waals surface area contributed by atoms with Crippen molar-refractivity contribution < 1.29 is 27.9 Å². The number of nitrogens with zero attached hydrogens (tertiary/aromatic N) is 3. The van der Waals surface area contributed by atoms with E-state index in [2.05, 4.69) is 5.32 Å². The van der Waals surface area contributed by atoms with Crippen LogP contribution < -0.4 is 10.1 Å². The second kappa shape index (κ2) is 12.5. The van der Waals surface area contributed by atoms with Crippen LogP contribution >= 0.6 is 11.3 Å². The van der Waals surface area contributed by atoms with Crippen molar-refractivity contribution in [1.29, 1.82) is 0 Å². The van der Waals surface area contributed by atoms with E-state index < -0.39 is 22.2 Å². The first kappa shape index (κ1) is 30.7. The van der Waals surface area contributed by atoms with Crippen molar-refractivity contribution in [2.45, 2.75) is 36.6 Å². The van der Waals surface area contributed by atoms with Crippen molar-refractivity contribution in [3.8, 4) is 5.75 Å². The number of carbonyl (C=O) groups is 2. The van der Waals surface area contributed by atoms with Crippen molar-refractivity contribution in [1.82, 2.24) is 13.8 Å². The maximum absolute atomic E-state index is 13.8. The van der Waals surface area contributed by atoms with Gasteiger partial charge < -0.3 is 24.6 Å². The number of likely N-dealkylation sites (N-methyl/N-ethyl adjacent to an activating group) is 1. The van der Waals surface area contributed by atoms with Gasteiger partial charge in [0, 0.05) is 49.3 Å². The molecule has 5 rings (SSSR count).